The molecule has 2 aliphatic carbocycles. The second-order valence-electron chi connectivity index (χ2n) is 5.39. The zero-order valence-electron chi connectivity index (χ0n) is 10.5. The Bertz CT molecular complexity index is 302. The summed E-state index contributed by atoms with van der Waals surface area (Å²) in [5, 5.41) is 4.79. The maximum atomic E-state index is 5.58. The summed E-state index contributed by atoms with van der Waals surface area (Å²) < 4.78 is 5.58. The molecule has 0 spiro atoms. The van der Waals surface area contributed by atoms with Crippen molar-refractivity contribution < 1.29 is 4.74 Å². The number of rotatable bonds is 3. The van der Waals surface area contributed by atoms with Crippen molar-refractivity contribution in [1.82, 2.24) is 5.32 Å². The Morgan fingerprint density at radius 2 is 2.29 bits per heavy atom. The number of aliphatic imine (C=N–C) groups is 1. The first-order valence-electron chi connectivity index (χ1n) is 6.94. The van der Waals surface area contributed by atoms with Crippen molar-refractivity contribution in [2.45, 2.75) is 57.2 Å². The van der Waals surface area contributed by atoms with Crippen LogP contribution in [0.3, 0.4) is 0 Å². The van der Waals surface area contributed by atoms with Gasteiger partial charge in [0.15, 0.2) is 5.17 Å². The first-order chi connectivity index (χ1) is 8.35. The van der Waals surface area contributed by atoms with E-state index >= 15 is 0 Å². The van der Waals surface area contributed by atoms with Crippen LogP contribution in [0.4, 0.5) is 0 Å². The highest BCUT2D eigenvalue weighted by molar-refractivity contribution is 8.13. The maximum absolute atomic E-state index is 5.58. The van der Waals surface area contributed by atoms with Gasteiger partial charge in [-0.1, -0.05) is 18.2 Å². The van der Waals surface area contributed by atoms with Crippen LogP contribution < -0.4 is 5.32 Å². The molecule has 0 aromatic rings. The van der Waals surface area contributed by atoms with Crippen LogP contribution in [0.2, 0.25) is 0 Å². The van der Waals surface area contributed by atoms with E-state index in [0.717, 1.165) is 25.4 Å². The molecule has 2 saturated carbocycles. The van der Waals surface area contributed by atoms with Gasteiger partial charge in [-0.25, -0.2) is 0 Å². The van der Waals surface area contributed by atoms with E-state index in [1.54, 1.807) is 0 Å². The average Bonchev–Trinajstić information content (AvgIpc) is 2.73. The Morgan fingerprint density at radius 3 is 3.12 bits per heavy atom. The van der Waals surface area contributed by atoms with Crippen molar-refractivity contribution >= 4 is 16.9 Å². The van der Waals surface area contributed by atoms with E-state index < -0.39 is 0 Å². The van der Waals surface area contributed by atoms with Crippen molar-refractivity contribution in [3.8, 4) is 0 Å². The third-order valence-corrected chi connectivity index (χ3v) is 5.25. The van der Waals surface area contributed by atoms with Gasteiger partial charge in [0.1, 0.15) is 0 Å². The highest BCUT2D eigenvalue weighted by Crippen LogP contribution is 2.35. The van der Waals surface area contributed by atoms with Gasteiger partial charge in [-0.15, -0.1) is 0 Å². The van der Waals surface area contributed by atoms with Crippen molar-refractivity contribution in [2.75, 3.05) is 12.4 Å². The van der Waals surface area contributed by atoms with Gasteiger partial charge in [0.25, 0.3) is 0 Å². The molecule has 3 aliphatic rings. The largest absolute Gasteiger partial charge is 0.378 e. The standard InChI is InChI=1S/C13H22N2OS/c1-2-16-11-6-10(7-11)14-13-15-12-5-3-4-9(12)8-17-13/h9-12H,2-8H2,1H3,(H,14,15). The summed E-state index contributed by atoms with van der Waals surface area (Å²) in [5.41, 5.74) is 0. The summed E-state index contributed by atoms with van der Waals surface area (Å²) >= 11 is 1.93. The molecule has 3 rings (SSSR count). The Morgan fingerprint density at radius 1 is 1.41 bits per heavy atom. The SMILES string of the molecule is CCOC1CC(NC2=NC3CCCC3CS2)C1. The molecule has 2 unspecified atom stereocenters. The fourth-order valence-corrected chi connectivity index (χ4v) is 4.29. The van der Waals surface area contributed by atoms with Crippen molar-refractivity contribution in [2.24, 2.45) is 10.9 Å². The van der Waals surface area contributed by atoms with Gasteiger partial charge in [-0.2, -0.15) is 0 Å². The summed E-state index contributed by atoms with van der Waals surface area (Å²) in [4.78, 5) is 4.86. The predicted molar refractivity (Wildman–Crippen MR) is 72.6 cm³/mol. The highest BCUT2D eigenvalue weighted by Gasteiger charge is 2.34. The monoisotopic (exact) mass is 254 g/mol. The molecule has 96 valence electrons. The summed E-state index contributed by atoms with van der Waals surface area (Å²) in [6, 6.07) is 1.23. The number of fused-ring (bicyclic) bond motifs is 1. The van der Waals surface area contributed by atoms with Crippen LogP contribution in [0.1, 0.15) is 39.0 Å². The van der Waals surface area contributed by atoms with E-state index in [-0.39, 0.29) is 0 Å². The molecule has 0 saturated heterocycles. The first kappa shape index (κ1) is 11.8. The van der Waals surface area contributed by atoms with Gasteiger partial charge in [-0.3, -0.25) is 4.99 Å². The molecule has 0 radical (unpaired) electrons. The van der Waals surface area contributed by atoms with Gasteiger partial charge in [0.2, 0.25) is 0 Å². The lowest BCUT2D eigenvalue weighted by atomic mass is 9.89. The lowest BCUT2D eigenvalue weighted by Crippen LogP contribution is -2.48. The summed E-state index contributed by atoms with van der Waals surface area (Å²) in [5.74, 6) is 2.14. The minimum atomic E-state index is 0.492. The number of ether oxygens (including phenoxy) is 1. The predicted octanol–water partition coefficient (Wildman–Crippen LogP) is 2.42. The maximum Gasteiger partial charge on any atom is 0.157 e. The molecule has 2 atom stereocenters. The molecule has 3 nitrogen and oxygen atoms in total. The zero-order valence-corrected chi connectivity index (χ0v) is 11.3. The second-order valence-corrected chi connectivity index (χ2v) is 6.40. The van der Waals surface area contributed by atoms with Gasteiger partial charge in [-0.05, 0) is 38.5 Å². The Hall–Kier alpha value is -0.220. The molecule has 1 heterocycles. The number of hydrogen-bond donors (Lipinski definition) is 1. The van der Waals surface area contributed by atoms with Crippen LogP contribution in [0, 0.1) is 5.92 Å². The smallest absolute Gasteiger partial charge is 0.157 e. The molecule has 0 bridgehead atoms. The molecule has 4 heteroatoms. The number of nitrogens with one attached hydrogen (secondary N) is 1. The Balaban J connectivity index is 1.47. The van der Waals surface area contributed by atoms with Gasteiger partial charge in [0, 0.05) is 18.4 Å². The van der Waals surface area contributed by atoms with Crippen molar-refractivity contribution in [3.05, 3.63) is 0 Å². The normalized spacial score (nSPS) is 40.4. The number of thioether (sulfide) groups is 1. The van der Waals surface area contributed by atoms with Crippen LogP contribution in [0.5, 0.6) is 0 Å². The molecule has 0 aromatic carbocycles. The third kappa shape index (κ3) is 2.63. The van der Waals surface area contributed by atoms with Crippen LogP contribution in [-0.2, 0) is 4.74 Å². The minimum Gasteiger partial charge on any atom is -0.378 e. The molecular formula is C13H22N2OS. The van der Waals surface area contributed by atoms with E-state index in [1.165, 1.54) is 30.2 Å². The van der Waals surface area contributed by atoms with Crippen molar-refractivity contribution in [1.29, 1.82) is 0 Å². The van der Waals surface area contributed by atoms with E-state index in [0.29, 0.717) is 18.2 Å². The molecule has 1 aliphatic heterocycles. The number of hydrogen-bond acceptors (Lipinski definition) is 4. The van der Waals surface area contributed by atoms with Crippen LogP contribution in [-0.4, -0.2) is 35.7 Å². The van der Waals surface area contributed by atoms with Crippen LogP contribution in [0.25, 0.3) is 0 Å². The summed E-state index contributed by atoms with van der Waals surface area (Å²) in [6.45, 7) is 2.92. The highest BCUT2D eigenvalue weighted by atomic mass is 32.2. The van der Waals surface area contributed by atoms with E-state index in [9.17, 15) is 0 Å². The van der Waals surface area contributed by atoms with Crippen molar-refractivity contribution in [3.63, 3.8) is 0 Å². The number of amidine groups is 1. The Labute approximate surface area is 108 Å². The van der Waals surface area contributed by atoms with Gasteiger partial charge in [0.05, 0.1) is 12.1 Å². The molecule has 0 amide bonds. The van der Waals surface area contributed by atoms with E-state index in [4.69, 9.17) is 9.73 Å². The molecule has 2 fully saturated rings. The fraction of sp³-hybridized carbons (Fsp3) is 0.923. The zero-order chi connectivity index (χ0) is 11.7. The van der Waals surface area contributed by atoms with Crippen LogP contribution >= 0.6 is 11.8 Å². The fourth-order valence-electron chi connectivity index (χ4n) is 3.06. The summed E-state index contributed by atoms with van der Waals surface area (Å²) in [7, 11) is 0. The van der Waals surface area contributed by atoms with E-state index in [2.05, 4.69) is 12.2 Å². The molecular weight excluding hydrogens is 232 g/mol. The lowest BCUT2D eigenvalue weighted by molar-refractivity contribution is -0.00545. The second kappa shape index (κ2) is 5.19. The number of nitrogens with zero attached hydrogens (tertiary/aromatic N) is 1. The van der Waals surface area contributed by atoms with Gasteiger partial charge >= 0.3 is 0 Å². The molecule has 17 heavy (non-hydrogen) atoms. The first-order valence-corrected chi connectivity index (χ1v) is 7.92. The third-order valence-electron chi connectivity index (χ3n) is 4.16. The van der Waals surface area contributed by atoms with Gasteiger partial charge < -0.3 is 10.1 Å². The minimum absolute atomic E-state index is 0.492. The van der Waals surface area contributed by atoms with Crippen LogP contribution in [0.15, 0.2) is 4.99 Å². The lowest BCUT2D eigenvalue weighted by Gasteiger charge is -2.37. The van der Waals surface area contributed by atoms with E-state index in [1.807, 2.05) is 11.8 Å². The average molecular weight is 254 g/mol. The topological polar surface area (TPSA) is 33.6 Å². The summed E-state index contributed by atoms with van der Waals surface area (Å²) in [6.07, 6.45) is 6.88. The quantitative estimate of drug-likeness (QED) is 0.840. The Kier molecular flexibility index (Phi) is 3.61. The molecule has 0 aromatic heterocycles. The molecule has 1 N–H and O–H groups in total.